The molecule has 0 aliphatic carbocycles. The van der Waals surface area contributed by atoms with Gasteiger partial charge < -0.3 is 4.90 Å². The van der Waals surface area contributed by atoms with Crippen LogP contribution < -0.4 is 0 Å². The average molecular weight is 383 g/mol. The quantitative estimate of drug-likeness (QED) is 0.798. The van der Waals surface area contributed by atoms with Gasteiger partial charge in [0.15, 0.2) is 0 Å². The first-order valence-corrected chi connectivity index (χ1v) is 10.1. The first-order valence-electron chi connectivity index (χ1n) is 7.85. The number of hydrogen-bond donors (Lipinski definition) is 0. The second-order valence-electron chi connectivity index (χ2n) is 5.97. The van der Waals surface area contributed by atoms with E-state index in [2.05, 4.69) is 5.10 Å². The lowest BCUT2D eigenvalue weighted by Gasteiger charge is -2.33. The number of hydrogen-bond acceptors (Lipinski definition) is 4. The van der Waals surface area contributed by atoms with Crippen molar-refractivity contribution in [3.05, 3.63) is 52.8 Å². The summed E-state index contributed by atoms with van der Waals surface area (Å²) < 4.78 is 26.1. The van der Waals surface area contributed by atoms with Gasteiger partial charge in [-0.15, -0.1) is 0 Å². The van der Waals surface area contributed by atoms with Crippen molar-refractivity contribution in [1.29, 1.82) is 0 Å². The van der Waals surface area contributed by atoms with Crippen LogP contribution in [0.2, 0.25) is 5.02 Å². The molecule has 0 atom stereocenters. The molecule has 7 nitrogen and oxygen atoms in total. The summed E-state index contributed by atoms with van der Waals surface area (Å²) in [5, 5.41) is 4.88. The number of carbonyl (C=O) groups excluding carboxylic acids is 1. The second-order valence-corrected chi connectivity index (χ2v) is 8.36. The highest BCUT2D eigenvalue weighted by atomic mass is 35.5. The summed E-state index contributed by atoms with van der Waals surface area (Å²) in [4.78, 5) is 14.2. The molecular weight excluding hydrogens is 364 g/mol. The van der Waals surface area contributed by atoms with Crippen LogP contribution in [0, 0.1) is 0 Å². The van der Waals surface area contributed by atoms with E-state index in [1.165, 1.54) is 16.8 Å². The Hall–Kier alpha value is -1.90. The van der Waals surface area contributed by atoms with Crippen LogP contribution in [-0.2, 0) is 16.6 Å². The molecule has 25 heavy (non-hydrogen) atoms. The molecule has 1 aromatic heterocycles. The Morgan fingerprint density at radius 2 is 1.88 bits per heavy atom. The van der Waals surface area contributed by atoms with E-state index >= 15 is 0 Å². The molecule has 1 aliphatic heterocycles. The molecule has 3 rings (SSSR count). The third kappa shape index (κ3) is 4.20. The summed E-state index contributed by atoms with van der Waals surface area (Å²) in [6.45, 7) is 1.87. The largest absolute Gasteiger partial charge is 0.336 e. The highest BCUT2D eigenvalue weighted by Gasteiger charge is 2.27. The maximum atomic E-state index is 12.6. The van der Waals surface area contributed by atoms with Crippen molar-refractivity contribution < 1.29 is 13.2 Å². The van der Waals surface area contributed by atoms with Crippen molar-refractivity contribution in [3.8, 4) is 0 Å². The van der Waals surface area contributed by atoms with E-state index in [0.29, 0.717) is 43.3 Å². The Kier molecular flexibility index (Phi) is 5.12. The van der Waals surface area contributed by atoms with E-state index in [0.717, 1.165) is 5.56 Å². The number of piperazine rings is 1. The molecule has 1 aliphatic rings. The summed E-state index contributed by atoms with van der Waals surface area (Å²) in [6.07, 6.45) is 4.40. The standard InChI is InChI=1S/C16H19ClN4O3S/c1-25(23,24)21-8-6-19(7-9-21)16(22)14-10-18-20(12-14)11-13-4-2-3-5-15(13)17/h2-5,10,12H,6-9,11H2,1H3. The minimum absolute atomic E-state index is 0.140. The summed E-state index contributed by atoms with van der Waals surface area (Å²) in [5.74, 6) is -0.140. The van der Waals surface area contributed by atoms with Gasteiger partial charge in [-0.3, -0.25) is 9.48 Å². The van der Waals surface area contributed by atoms with Crippen molar-refractivity contribution in [2.24, 2.45) is 0 Å². The molecule has 1 amide bonds. The fraction of sp³-hybridized carbons (Fsp3) is 0.375. The lowest BCUT2D eigenvalue weighted by molar-refractivity contribution is 0.0698. The summed E-state index contributed by atoms with van der Waals surface area (Å²) in [7, 11) is -3.21. The van der Waals surface area contributed by atoms with Gasteiger partial charge in [0.2, 0.25) is 10.0 Å². The van der Waals surface area contributed by atoms with Gasteiger partial charge in [0.25, 0.3) is 5.91 Å². The topological polar surface area (TPSA) is 75.5 Å². The maximum absolute atomic E-state index is 12.6. The predicted octanol–water partition coefficient (Wildman–Crippen LogP) is 1.30. The van der Waals surface area contributed by atoms with Crippen molar-refractivity contribution in [3.63, 3.8) is 0 Å². The van der Waals surface area contributed by atoms with Crippen LogP contribution in [0.4, 0.5) is 0 Å². The molecule has 0 spiro atoms. The molecule has 2 aromatic rings. The van der Waals surface area contributed by atoms with Crippen LogP contribution in [-0.4, -0.2) is 65.7 Å². The predicted molar refractivity (Wildman–Crippen MR) is 95.1 cm³/mol. The average Bonchev–Trinajstić information content (AvgIpc) is 3.04. The van der Waals surface area contributed by atoms with E-state index < -0.39 is 10.0 Å². The zero-order valence-electron chi connectivity index (χ0n) is 13.8. The molecule has 0 saturated carbocycles. The Morgan fingerprint density at radius 3 is 2.52 bits per heavy atom. The Bertz CT molecular complexity index is 873. The highest BCUT2D eigenvalue weighted by molar-refractivity contribution is 7.88. The van der Waals surface area contributed by atoms with Gasteiger partial charge in [-0.05, 0) is 11.6 Å². The number of nitrogens with zero attached hydrogens (tertiary/aromatic N) is 4. The first-order chi connectivity index (χ1) is 11.8. The number of aromatic nitrogens is 2. The van der Waals surface area contributed by atoms with Crippen molar-refractivity contribution >= 4 is 27.5 Å². The molecule has 0 N–H and O–H groups in total. The van der Waals surface area contributed by atoms with Gasteiger partial charge in [-0.1, -0.05) is 29.8 Å². The molecule has 0 bridgehead atoms. The lowest BCUT2D eigenvalue weighted by Crippen LogP contribution is -2.50. The van der Waals surface area contributed by atoms with Crippen LogP contribution in [0.1, 0.15) is 15.9 Å². The summed E-state index contributed by atoms with van der Waals surface area (Å²) in [5.41, 5.74) is 1.41. The van der Waals surface area contributed by atoms with Gasteiger partial charge in [0.05, 0.1) is 24.6 Å². The molecule has 1 fully saturated rings. The number of halogens is 1. The summed E-state index contributed by atoms with van der Waals surface area (Å²) >= 11 is 6.15. The minimum atomic E-state index is -3.21. The zero-order valence-corrected chi connectivity index (χ0v) is 15.4. The number of amides is 1. The monoisotopic (exact) mass is 382 g/mol. The van der Waals surface area contributed by atoms with E-state index in [1.807, 2.05) is 24.3 Å². The van der Waals surface area contributed by atoms with E-state index in [9.17, 15) is 13.2 Å². The third-order valence-electron chi connectivity index (χ3n) is 4.17. The number of sulfonamides is 1. The highest BCUT2D eigenvalue weighted by Crippen LogP contribution is 2.16. The molecule has 1 saturated heterocycles. The Morgan fingerprint density at radius 1 is 1.20 bits per heavy atom. The van der Waals surface area contributed by atoms with Gasteiger partial charge >= 0.3 is 0 Å². The molecule has 0 unspecified atom stereocenters. The van der Waals surface area contributed by atoms with Gasteiger partial charge in [-0.2, -0.15) is 9.40 Å². The molecule has 1 aromatic carbocycles. The first kappa shape index (κ1) is 17.9. The van der Waals surface area contributed by atoms with Crippen LogP contribution in [0.25, 0.3) is 0 Å². The van der Waals surface area contributed by atoms with Gasteiger partial charge in [0.1, 0.15) is 0 Å². The van der Waals surface area contributed by atoms with Crippen LogP contribution in [0.15, 0.2) is 36.7 Å². The fourth-order valence-electron chi connectivity index (χ4n) is 2.77. The van der Waals surface area contributed by atoms with Crippen molar-refractivity contribution in [1.82, 2.24) is 19.0 Å². The molecular formula is C16H19ClN4O3S. The minimum Gasteiger partial charge on any atom is -0.336 e. The number of carbonyl (C=O) groups is 1. The SMILES string of the molecule is CS(=O)(=O)N1CCN(C(=O)c2cnn(Cc3ccccc3Cl)c2)CC1. The van der Waals surface area contributed by atoms with Crippen LogP contribution in [0.5, 0.6) is 0 Å². The van der Waals surface area contributed by atoms with Crippen LogP contribution >= 0.6 is 11.6 Å². The number of benzene rings is 1. The Balaban J connectivity index is 1.65. The molecule has 0 radical (unpaired) electrons. The van der Waals surface area contributed by atoms with Gasteiger partial charge in [0, 0.05) is 37.4 Å². The molecule has 9 heteroatoms. The fourth-order valence-corrected chi connectivity index (χ4v) is 3.79. The van der Waals surface area contributed by atoms with E-state index in [1.54, 1.807) is 15.8 Å². The number of rotatable bonds is 4. The summed E-state index contributed by atoms with van der Waals surface area (Å²) in [6, 6.07) is 7.49. The lowest BCUT2D eigenvalue weighted by atomic mass is 10.2. The van der Waals surface area contributed by atoms with Crippen molar-refractivity contribution in [2.45, 2.75) is 6.54 Å². The van der Waals surface area contributed by atoms with E-state index in [4.69, 9.17) is 11.6 Å². The smallest absolute Gasteiger partial charge is 0.257 e. The second kappa shape index (κ2) is 7.15. The Labute approximate surface area is 151 Å². The third-order valence-corrected chi connectivity index (χ3v) is 5.84. The van der Waals surface area contributed by atoms with Crippen molar-refractivity contribution in [2.75, 3.05) is 32.4 Å². The molecule has 2 heterocycles. The zero-order chi connectivity index (χ0) is 18.0. The van der Waals surface area contributed by atoms with Gasteiger partial charge in [-0.25, -0.2) is 8.42 Å². The molecule has 134 valence electrons. The normalized spacial score (nSPS) is 16.2. The van der Waals surface area contributed by atoms with E-state index in [-0.39, 0.29) is 5.91 Å². The maximum Gasteiger partial charge on any atom is 0.257 e. The van der Waals surface area contributed by atoms with Crippen LogP contribution in [0.3, 0.4) is 0 Å².